The molecule has 1 heterocycles. The number of urea groups is 1. The Kier molecular flexibility index (Phi) is 5.84. The molecular weight excluding hydrogens is 425 g/mol. The van der Waals surface area contributed by atoms with E-state index in [4.69, 9.17) is 34.8 Å². The number of hydrogen-bond acceptors (Lipinski definition) is 3. The Hall–Kier alpha value is -2.28. The molecule has 2 aromatic carbocycles. The van der Waals surface area contributed by atoms with Gasteiger partial charge in [0.05, 0.1) is 0 Å². The number of carbonyl (C=O) groups excluding carboxylic acids is 3. The molecule has 0 unspecified atom stereocenters. The van der Waals surface area contributed by atoms with E-state index < -0.39 is 29.9 Å². The van der Waals surface area contributed by atoms with E-state index in [1.165, 1.54) is 0 Å². The molecule has 1 aliphatic heterocycles. The third kappa shape index (κ3) is 4.09. The van der Waals surface area contributed by atoms with Gasteiger partial charge in [-0.3, -0.25) is 14.5 Å². The maximum absolute atomic E-state index is 12.8. The summed E-state index contributed by atoms with van der Waals surface area (Å²) in [6, 6.07) is 10.9. The van der Waals surface area contributed by atoms with E-state index in [9.17, 15) is 14.4 Å². The van der Waals surface area contributed by atoms with Crippen LogP contribution in [0.15, 0.2) is 42.5 Å². The van der Waals surface area contributed by atoms with E-state index >= 15 is 0 Å². The molecular formula is C19H16Cl3N3O3. The number of halogens is 3. The van der Waals surface area contributed by atoms with Crippen LogP contribution in [-0.4, -0.2) is 29.3 Å². The summed E-state index contributed by atoms with van der Waals surface area (Å²) in [5.74, 6) is -1.01. The van der Waals surface area contributed by atoms with Gasteiger partial charge >= 0.3 is 6.03 Å². The average Bonchev–Trinajstić information content (AvgIpc) is 2.85. The predicted octanol–water partition coefficient (Wildman–Crippen LogP) is 3.73. The second-order valence-corrected chi connectivity index (χ2v) is 7.75. The first-order valence-corrected chi connectivity index (χ1v) is 9.45. The summed E-state index contributed by atoms with van der Waals surface area (Å²) in [4.78, 5) is 38.3. The van der Waals surface area contributed by atoms with Gasteiger partial charge in [-0.05, 0) is 42.3 Å². The molecule has 0 radical (unpaired) electrons. The largest absolute Gasteiger partial charge is 0.350 e. The molecule has 2 N–H and O–H groups in total. The Morgan fingerprint density at radius 2 is 1.71 bits per heavy atom. The Morgan fingerprint density at radius 3 is 2.36 bits per heavy atom. The Balaban J connectivity index is 1.66. The van der Waals surface area contributed by atoms with Gasteiger partial charge in [-0.1, -0.05) is 53.0 Å². The monoisotopic (exact) mass is 439 g/mol. The van der Waals surface area contributed by atoms with Crippen LogP contribution in [0.2, 0.25) is 15.1 Å². The lowest BCUT2D eigenvalue weighted by Gasteiger charge is -2.22. The highest BCUT2D eigenvalue weighted by Gasteiger charge is 2.49. The fourth-order valence-corrected chi connectivity index (χ4v) is 3.48. The van der Waals surface area contributed by atoms with Gasteiger partial charge in [0.2, 0.25) is 5.91 Å². The van der Waals surface area contributed by atoms with Crippen LogP contribution in [0.5, 0.6) is 0 Å². The number of nitrogens with one attached hydrogen (secondary N) is 2. The lowest BCUT2D eigenvalue weighted by Crippen LogP contribution is -2.43. The molecule has 0 bridgehead atoms. The van der Waals surface area contributed by atoms with Gasteiger partial charge < -0.3 is 10.6 Å². The molecule has 1 saturated heterocycles. The number of benzene rings is 2. The lowest BCUT2D eigenvalue weighted by molar-refractivity contribution is -0.134. The first-order chi connectivity index (χ1) is 13.2. The first-order valence-electron chi connectivity index (χ1n) is 8.31. The van der Waals surface area contributed by atoms with Crippen molar-refractivity contribution in [3.63, 3.8) is 0 Å². The molecule has 28 heavy (non-hydrogen) atoms. The Morgan fingerprint density at radius 1 is 1.07 bits per heavy atom. The Bertz CT molecular complexity index is 949. The summed E-state index contributed by atoms with van der Waals surface area (Å²) in [6.07, 6.45) is 0. The van der Waals surface area contributed by atoms with Gasteiger partial charge in [0.1, 0.15) is 12.1 Å². The molecule has 0 aromatic heterocycles. The zero-order valence-electron chi connectivity index (χ0n) is 14.8. The minimum absolute atomic E-state index is 0.146. The lowest BCUT2D eigenvalue weighted by atomic mass is 9.92. The van der Waals surface area contributed by atoms with Crippen LogP contribution in [0.3, 0.4) is 0 Å². The first kappa shape index (κ1) is 20.5. The Labute approximate surface area is 176 Å². The number of nitrogens with zero attached hydrogens (tertiary/aromatic N) is 1. The summed E-state index contributed by atoms with van der Waals surface area (Å²) in [5.41, 5.74) is -0.0183. The topological polar surface area (TPSA) is 78.5 Å². The highest BCUT2D eigenvalue weighted by molar-refractivity contribution is 6.35. The fraction of sp³-hybridized carbons (Fsp3) is 0.211. The minimum Gasteiger partial charge on any atom is -0.350 e. The third-order valence-corrected chi connectivity index (χ3v) is 5.33. The highest BCUT2D eigenvalue weighted by atomic mass is 35.5. The predicted molar refractivity (Wildman–Crippen MR) is 107 cm³/mol. The molecule has 1 fully saturated rings. The van der Waals surface area contributed by atoms with Crippen molar-refractivity contribution in [2.45, 2.75) is 19.0 Å². The van der Waals surface area contributed by atoms with Gasteiger partial charge in [0, 0.05) is 21.6 Å². The molecule has 1 atom stereocenters. The maximum Gasteiger partial charge on any atom is 0.325 e. The summed E-state index contributed by atoms with van der Waals surface area (Å²) in [5, 5.41) is 6.70. The summed E-state index contributed by atoms with van der Waals surface area (Å²) in [6.45, 7) is 1.33. The number of amides is 4. The number of carbonyl (C=O) groups is 3. The van der Waals surface area contributed by atoms with Gasteiger partial charge in [0.25, 0.3) is 5.91 Å². The van der Waals surface area contributed by atoms with Gasteiger partial charge in [0.15, 0.2) is 0 Å². The van der Waals surface area contributed by atoms with Crippen molar-refractivity contribution in [3.8, 4) is 0 Å². The molecule has 0 aliphatic carbocycles. The highest BCUT2D eigenvalue weighted by Crippen LogP contribution is 2.29. The van der Waals surface area contributed by atoms with E-state index in [0.717, 1.165) is 4.90 Å². The summed E-state index contributed by atoms with van der Waals surface area (Å²) >= 11 is 17.8. The van der Waals surface area contributed by atoms with Gasteiger partial charge in [-0.2, -0.15) is 0 Å². The van der Waals surface area contributed by atoms with E-state index in [1.54, 1.807) is 49.4 Å². The van der Waals surface area contributed by atoms with Crippen molar-refractivity contribution in [2.75, 3.05) is 6.54 Å². The van der Waals surface area contributed by atoms with E-state index in [2.05, 4.69) is 10.6 Å². The molecule has 6 nitrogen and oxygen atoms in total. The number of hydrogen-bond donors (Lipinski definition) is 2. The molecule has 146 valence electrons. The van der Waals surface area contributed by atoms with Gasteiger partial charge in [-0.15, -0.1) is 0 Å². The van der Waals surface area contributed by atoms with Crippen LogP contribution in [0.1, 0.15) is 18.1 Å². The molecule has 0 saturated carbocycles. The normalized spacial score (nSPS) is 18.9. The van der Waals surface area contributed by atoms with E-state index in [1.807, 2.05) is 0 Å². The van der Waals surface area contributed by atoms with Crippen LogP contribution in [0.25, 0.3) is 0 Å². The van der Waals surface area contributed by atoms with Crippen LogP contribution in [0.4, 0.5) is 4.79 Å². The van der Waals surface area contributed by atoms with Crippen LogP contribution in [0, 0.1) is 0 Å². The van der Waals surface area contributed by atoms with Crippen molar-refractivity contribution in [1.82, 2.24) is 15.5 Å². The number of imide groups is 1. The van der Waals surface area contributed by atoms with Crippen molar-refractivity contribution >= 4 is 52.6 Å². The zero-order chi connectivity index (χ0) is 20.5. The average molecular weight is 441 g/mol. The third-order valence-electron chi connectivity index (χ3n) is 4.49. The van der Waals surface area contributed by atoms with Gasteiger partial charge in [-0.25, -0.2) is 4.79 Å². The molecule has 2 aromatic rings. The molecule has 3 rings (SSSR count). The second-order valence-electron chi connectivity index (χ2n) is 6.47. The van der Waals surface area contributed by atoms with Crippen molar-refractivity contribution < 1.29 is 14.4 Å². The van der Waals surface area contributed by atoms with Crippen LogP contribution >= 0.6 is 34.8 Å². The van der Waals surface area contributed by atoms with Crippen molar-refractivity contribution in [2.24, 2.45) is 0 Å². The maximum atomic E-state index is 12.8. The molecule has 0 spiro atoms. The molecule has 9 heteroatoms. The summed E-state index contributed by atoms with van der Waals surface area (Å²) < 4.78 is 0. The summed E-state index contributed by atoms with van der Waals surface area (Å²) in [7, 11) is 0. The zero-order valence-corrected chi connectivity index (χ0v) is 17.0. The van der Waals surface area contributed by atoms with E-state index in [0.29, 0.717) is 26.2 Å². The standard InChI is InChI=1S/C19H16Cl3N3O3/c1-19(12-3-6-13(20)7-4-12)17(27)25(18(28)24-19)10-16(26)23-9-11-2-5-14(21)8-15(11)22/h2-8H,9-10H2,1H3,(H,23,26)(H,24,28)/t19-/m1/s1. The molecule has 4 amide bonds. The quantitative estimate of drug-likeness (QED) is 0.695. The van der Waals surface area contributed by atoms with Crippen LogP contribution in [-0.2, 0) is 21.7 Å². The van der Waals surface area contributed by atoms with Crippen molar-refractivity contribution in [3.05, 3.63) is 68.7 Å². The fourth-order valence-electron chi connectivity index (χ4n) is 2.88. The number of rotatable bonds is 5. The van der Waals surface area contributed by atoms with E-state index in [-0.39, 0.29) is 6.54 Å². The van der Waals surface area contributed by atoms with Crippen molar-refractivity contribution in [1.29, 1.82) is 0 Å². The minimum atomic E-state index is -1.26. The smallest absolute Gasteiger partial charge is 0.325 e. The second kappa shape index (κ2) is 7.99. The SMILES string of the molecule is C[C@]1(c2ccc(Cl)cc2)NC(=O)N(CC(=O)NCc2ccc(Cl)cc2Cl)C1=O. The van der Waals surface area contributed by atoms with Crippen LogP contribution < -0.4 is 10.6 Å². The molecule has 1 aliphatic rings.